The maximum Gasteiger partial charge on any atom is 0.271 e. The van der Waals surface area contributed by atoms with Gasteiger partial charge in [0.2, 0.25) is 0 Å². The van der Waals surface area contributed by atoms with Crippen LogP contribution in [0.3, 0.4) is 0 Å². The standard InChI is InChI=1S/C13H12BNO2.2H2O/c1-10-7-8-12(9-13(10)15(16)17)14-11-5-3-2-4-6-11;;/h2-9,14H,1H3;2*1H2. The molecule has 6 heteroatoms. The Labute approximate surface area is 111 Å². The normalized spacial score (nSPS) is 8.89. The number of benzene rings is 2. The Bertz CT molecular complexity index is 546. The van der Waals surface area contributed by atoms with Gasteiger partial charge in [0.05, 0.1) is 4.92 Å². The zero-order chi connectivity index (χ0) is 12.3. The molecule has 0 radical (unpaired) electrons. The Hall–Kier alpha value is -2.18. The van der Waals surface area contributed by atoms with E-state index in [1.54, 1.807) is 19.1 Å². The molecule has 0 atom stereocenters. The van der Waals surface area contributed by atoms with Gasteiger partial charge in [0, 0.05) is 11.6 Å². The number of aryl methyl sites for hydroxylation is 1. The van der Waals surface area contributed by atoms with Crippen LogP contribution in [0.4, 0.5) is 5.69 Å². The lowest BCUT2D eigenvalue weighted by atomic mass is 9.64. The first kappa shape index (κ1) is 16.8. The average Bonchev–Trinajstić information content (AvgIpc) is 2.32. The second kappa shape index (κ2) is 7.30. The van der Waals surface area contributed by atoms with Crippen molar-refractivity contribution in [2.45, 2.75) is 6.92 Å². The minimum Gasteiger partial charge on any atom is -0.412 e. The lowest BCUT2D eigenvalue weighted by molar-refractivity contribution is -0.385. The van der Waals surface area contributed by atoms with Crippen molar-refractivity contribution in [3.63, 3.8) is 0 Å². The smallest absolute Gasteiger partial charge is 0.271 e. The first-order chi connectivity index (χ1) is 8.16. The summed E-state index contributed by atoms with van der Waals surface area (Å²) in [5.74, 6) is 0. The van der Waals surface area contributed by atoms with Crippen LogP contribution in [0.15, 0.2) is 48.5 Å². The molecule has 0 heterocycles. The molecule has 19 heavy (non-hydrogen) atoms. The fourth-order valence-corrected chi connectivity index (χ4v) is 1.79. The molecule has 5 nitrogen and oxygen atoms in total. The van der Waals surface area contributed by atoms with Crippen LogP contribution in [-0.4, -0.2) is 23.2 Å². The Morgan fingerprint density at radius 3 is 2.21 bits per heavy atom. The molecule has 0 saturated carbocycles. The van der Waals surface area contributed by atoms with E-state index < -0.39 is 0 Å². The molecule has 0 fully saturated rings. The highest BCUT2D eigenvalue weighted by Crippen LogP contribution is 2.14. The molecule has 0 saturated heterocycles. The van der Waals surface area contributed by atoms with Crippen molar-refractivity contribution in [2.75, 3.05) is 0 Å². The van der Waals surface area contributed by atoms with Crippen LogP contribution >= 0.6 is 0 Å². The first-order valence-electron chi connectivity index (χ1n) is 5.44. The van der Waals surface area contributed by atoms with Crippen LogP contribution in [0.1, 0.15) is 5.56 Å². The molecule has 0 spiro atoms. The van der Waals surface area contributed by atoms with E-state index in [1.807, 2.05) is 36.4 Å². The largest absolute Gasteiger partial charge is 0.412 e. The number of rotatable bonds is 3. The Morgan fingerprint density at radius 2 is 1.63 bits per heavy atom. The molecule has 0 aliphatic rings. The van der Waals surface area contributed by atoms with Gasteiger partial charge in [-0.1, -0.05) is 53.4 Å². The molecule has 0 amide bonds. The minimum atomic E-state index is -0.330. The number of nitro benzene ring substituents is 1. The van der Waals surface area contributed by atoms with Gasteiger partial charge < -0.3 is 11.0 Å². The van der Waals surface area contributed by atoms with E-state index in [9.17, 15) is 10.1 Å². The number of hydrogen-bond acceptors (Lipinski definition) is 2. The Morgan fingerprint density at radius 1 is 1.00 bits per heavy atom. The highest BCUT2D eigenvalue weighted by atomic mass is 16.6. The molecule has 0 aliphatic carbocycles. The van der Waals surface area contributed by atoms with Crippen molar-refractivity contribution in [3.05, 3.63) is 64.2 Å². The second-order valence-electron chi connectivity index (χ2n) is 4.04. The van der Waals surface area contributed by atoms with Gasteiger partial charge in [-0.2, -0.15) is 0 Å². The predicted molar refractivity (Wildman–Crippen MR) is 77.9 cm³/mol. The summed E-state index contributed by atoms with van der Waals surface area (Å²) in [6.45, 7) is 1.75. The molecule has 2 aromatic rings. The van der Waals surface area contributed by atoms with Gasteiger partial charge >= 0.3 is 0 Å². The number of nitro groups is 1. The van der Waals surface area contributed by atoms with Gasteiger partial charge in [0.25, 0.3) is 5.69 Å². The highest BCUT2D eigenvalue weighted by molar-refractivity contribution is 6.67. The van der Waals surface area contributed by atoms with Crippen molar-refractivity contribution in [2.24, 2.45) is 0 Å². The summed E-state index contributed by atoms with van der Waals surface area (Å²) >= 11 is 0. The van der Waals surface area contributed by atoms with Gasteiger partial charge in [-0.15, -0.1) is 0 Å². The molecule has 0 aliphatic heterocycles. The minimum absolute atomic E-state index is 0. The summed E-state index contributed by atoms with van der Waals surface area (Å²) in [4.78, 5) is 10.5. The molecular formula is C13H16BNO4. The van der Waals surface area contributed by atoms with Crippen LogP contribution in [0.2, 0.25) is 0 Å². The molecule has 100 valence electrons. The van der Waals surface area contributed by atoms with Gasteiger partial charge in [-0.25, -0.2) is 0 Å². The van der Waals surface area contributed by atoms with Crippen molar-refractivity contribution < 1.29 is 15.9 Å². The third-order valence-electron chi connectivity index (χ3n) is 2.72. The highest BCUT2D eigenvalue weighted by Gasteiger charge is 2.11. The molecule has 0 unspecified atom stereocenters. The van der Waals surface area contributed by atoms with Crippen molar-refractivity contribution in [3.8, 4) is 0 Å². The van der Waals surface area contributed by atoms with E-state index in [4.69, 9.17) is 0 Å². The maximum atomic E-state index is 10.8. The fraction of sp³-hybridized carbons (Fsp3) is 0.0769. The molecule has 0 aromatic heterocycles. The van der Waals surface area contributed by atoms with Crippen LogP contribution in [0.25, 0.3) is 0 Å². The van der Waals surface area contributed by atoms with Crippen molar-refractivity contribution in [1.29, 1.82) is 0 Å². The van der Waals surface area contributed by atoms with E-state index in [1.165, 1.54) is 0 Å². The van der Waals surface area contributed by atoms with E-state index in [0.29, 0.717) is 5.56 Å². The summed E-state index contributed by atoms with van der Waals surface area (Å²) in [6.07, 6.45) is 0. The molecule has 0 bridgehead atoms. The second-order valence-corrected chi connectivity index (χ2v) is 4.04. The molecule has 2 aromatic carbocycles. The average molecular weight is 261 g/mol. The predicted octanol–water partition coefficient (Wildman–Crippen LogP) is -0.359. The summed E-state index contributed by atoms with van der Waals surface area (Å²) in [5.41, 5.74) is 3.02. The lowest BCUT2D eigenvalue weighted by Crippen LogP contribution is -2.26. The molecular weight excluding hydrogens is 245 g/mol. The fourth-order valence-electron chi connectivity index (χ4n) is 1.79. The van der Waals surface area contributed by atoms with Crippen LogP contribution in [0, 0.1) is 17.0 Å². The molecule has 2 rings (SSSR count). The monoisotopic (exact) mass is 261 g/mol. The van der Waals surface area contributed by atoms with E-state index in [-0.39, 0.29) is 21.6 Å². The van der Waals surface area contributed by atoms with Crippen LogP contribution < -0.4 is 10.9 Å². The quantitative estimate of drug-likeness (QED) is 0.427. The lowest BCUT2D eigenvalue weighted by Gasteiger charge is -2.02. The van der Waals surface area contributed by atoms with E-state index >= 15 is 0 Å². The SMILES string of the molecule is Cc1ccc(Bc2ccccc2)cc1[N+](=O)[O-].O.O. The topological polar surface area (TPSA) is 106 Å². The molecule has 4 N–H and O–H groups in total. The van der Waals surface area contributed by atoms with E-state index in [0.717, 1.165) is 18.2 Å². The summed E-state index contributed by atoms with van der Waals surface area (Å²) in [6, 6.07) is 15.3. The third kappa shape index (κ3) is 4.20. The summed E-state index contributed by atoms with van der Waals surface area (Å²) < 4.78 is 0. The van der Waals surface area contributed by atoms with Crippen molar-refractivity contribution in [1.82, 2.24) is 0 Å². The van der Waals surface area contributed by atoms with Crippen LogP contribution in [-0.2, 0) is 0 Å². The maximum absolute atomic E-state index is 10.8. The van der Waals surface area contributed by atoms with Gasteiger partial charge in [0.15, 0.2) is 7.28 Å². The first-order valence-corrected chi connectivity index (χ1v) is 5.44. The number of hydrogen-bond donors (Lipinski definition) is 0. The summed E-state index contributed by atoms with van der Waals surface area (Å²) in [7, 11) is 0.724. The number of nitrogens with zero attached hydrogens (tertiary/aromatic N) is 1. The van der Waals surface area contributed by atoms with Gasteiger partial charge in [-0.05, 0) is 6.92 Å². The van der Waals surface area contributed by atoms with Crippen LogP contribution in [0.5, 0.6) is 0 Å². The van der Waals surface area contributed by atoms with Crippen molar-refractivity contribution >= 4 is 23.9 Å². The third-order valence-corrected chi connectivity index (χ3v) is 2.72. The van der Waals surface area contributed by atoms with Gasteiger partial charge in [-0.3, -0.25) is 10.1 Å². The Kier molecular flexibility index (Phi) is 6.47. The zero-order valence-corrected chi connectivity index (χ0v) is 10.6. The van der Waals surface area contributed by atoms with Gasteiger partial charge in [0.1, 0.15) is 0 Å². The van der Waals surface area contributed by atoms with E-state index in [2.05, 4.69) is 0 Å². The Balaban J connectivity index is 0.00000162. The summed E-state index contributed by atoms with van der Waals surface area (Å²) in [5, 5.41) is 10.8. The zero-order valence-electron chi connectivity index (χ0n) is 10.6.